The van der Waals surface area contributed by atoms with E-state index < -0.39 is 0 Å². The maximum atomic E-state index is 10.0. The summed E-state index contributed by atoms with van der Waals surface area (Å²) in [6, 6.07) is 0.658. The molecule has 1 heterocycles. The SMILES string of the molecule is OC(CNC1CCCCCC1)CN1CCCC1. The minimum atomic E-state index is -0.184. The van der Waals surface area contributed by atoms with Crippen LogP contribution in [0.5, 0.6) is 0 Å². The van der Waals surface area contributed by atoms with Crippen LogP contribution in [0.4, 0.5) is 0 Å². The van der Waals surface area contributed by atoms with Crippen molar-refractivity contribution >= 4 is 0 Å². The molecule has 0 radical (unpaired) electrons. The molecule has 0 bridgehead atoms. The largest absolute Gasteiger partial charge is 0.390 e. The molecule has 3 heteroatoms. The Kier molecular flexibility index (Phi) is 5.75. The number of nitrogens with one attached hydrogen (secondary N) is 1. The summed E-state index contributed by atoms with van der Waals surface area (Å²) in [5.74, 6) is 0. The highest BCUT2D eigenvalue weighted by molar-refractivity contribution is 4.75. The second kappa shape index (κ2) is 7.34. The lowest BCUT2D eigenvalue weighted by Crippen LogP contribution is -2.40. The molecule has 0 aromatic heterocycles. The molecule has 0 spiro atoms. The molecule has 2 fully saturated rings. The molecule has 2 rings (SSSR count). The van der Waals surface area contributed by atoms with Gasteiger partial charge in [-0.3, -0.25) is 0 Å². The molecule has 17 heavy (non-hydrogen) atoms. The molecular weight excluding hydrogens is 212 g/mol. The summed E-state index contributed by atoms with van der Waals surface area (Å²) >= 11 is 0. The van der Waals surface area contributed by atoms with Gasteiger partial charge in [0.2, 0.25) is 0 Å². The first-order valence-electron chi connectivity index (χ1n) is 7.48. The van der Waals surface area contributed by atoms with Crippen molar-refractivity contribution in [2.75, 3.05) is 26.2 Å². The monoisotopic (exact) mass is 240 g/mol. The molecule has 1 unspecified atom stereocenters. The van der Waals surface area contributed by atoms with Crippen molar-refractivity contribution in [1.82, 2.24) is 10.2 Å². The zero-order valence-corrected chi connectivity index (χ0v) is 11.0. The van der Waals surface area contributed by atoms with Crippen LogP contribution >= 0.6 is 0 Å². The van der Waals surface area contributed by atoms with Crippen molar-refractivity contribution in [2.45, 2.75) is 63.5 Å². The number of hydrogen-bond donors (Lipinski definition) is 2. The fourth-order valence-corrected chi connectivity index (χ4v) is 3.11. The predicted molar refractivity (Wildman–Crippen MR) is 71.2 cm³/mol. The van der Waals surface area contributed by atoms with Gasteiger partial charge in [0, 0.05) is 19.1 Å². The summed E-state index contributed by atoms with van der Waals surface area (Å²) in [5, 5.41) is 13.6. The van der Waals surface area contributed by atoms with Crippen LogP contribution in [0.25, 0.3) is 0 Å². The Labute approximate surface area is 106 Å². The van der Waals surface area contributed by atoms with E-state index in [4.69, 9.17) is 0 Å². The third-order valence-corrected chi connectivity index (χ3v) is 4.16. The van der Waals surface area contributed by atoms with Gasteiger partial charge < -0.3 is 15.3 Å². The van der Waals surface area contributed by atoms with Gasteiger partial charge in [0.05, 0.1) is 6.10 Å². The van der Waals surface area contributed by atoms with E-state index in [1.54, 1.807) is 0 Å². The van der Waals surface area contributed by atoms with Gasteiger partial charge in [0.1, 0.15) is 0 Å². The smallest absolute Gasteiger partial charge is 0.0791 e. The number of likely N-dealkylation sites (tertiary alicyclic amines) is 1. The van der Waals surface area contributed by atoms with E-state index in [9.17, 15) is 5.11 Å². The van der Waals surface area contributed by atoms with Crippen molar-refractivity contribution < 1.29 is 5.11 Å². The van der Waals surface area contributed by atoms with Gasteiger partial charge in [-0.25, -0.2) is 0 Å². The zero-order chi connectivity index (χ0) is 11.9. The lowest BCUT2D eigenvalue weighted by atomic mass is 10.1. The van der Waals surface area contributed by atoms with Crippen molar-refractivity contribution in [2.24, 2.45) is 0 Å². The summed E-state index contributed by atoms with van der Waals surface area (Å²) in [4.78, 5) is 2.39. The summed E-state index contributed by atoms with van der Waals surface area (Å²) in [6.07, 6.45) is 10.6. The van der Waals surface area contributed by atoms with E-state index in [1.165, 1.54) is 64.5 Å². The highest BCUT2D eigenvalue weighted by atomic mass is 16.3. The summed E-state index contributed by atoms with van der Waals surface area (Å²) in [5.41, 5.74) is 0. The molecule has 0 aromatic rings. The van der Waals surface area contributed by atoms with E-state index in [0.29, 0.717) is 6.04 Å². The molecule has 1 aliphatic heterocycles. The molecule has 1 atom stereocenters. The zero-order valence-electron chi connectivity index (χ0n) is 11.0. The topological polar surface area (TPSA) is 35.5 Å². The van der Waals surface area contributed by atoms with Crippen LogP contribution in [-0.4, -0.2) is 48.3 Å². The normalized spacial score (nSPS) is 25.9. The number of nitrogens with zero attached hydrogens (tertiary/aromatic N) is 1. The second-order valence-corrected chi connectivity index (χ2v) is 5.76. The van der Waals surface area contributed by atoms with Crippen molar-refractivity contribution in [3.63, 3.8) is 0 Å². The summed E-state index contributed by atoms with van der Waals surface area (Å²) in [6.45, 7) is 4.00. The van der Waals surface area contributed by atoms with Gasteiger partial charge in [-0.1, -0.05) is 25.7 Å². The van der Waals surface area contributed by atoms with Gasteiger partial charge in [0.25, 0.3) is 0 Å². The fourth-order valence-electron chi connectivity index (χ4n) is 3.11. The Morgan fingerprint density at radius 2 is 1.65 bits per heavy atom. The molecule has 2 aliphatic rings. The first-order valence-corrected chi connectivity index (χ1v) is 7.48. The Balaban J connectivity index is 1.59. The number of β-amino-alcohol motifs (C(OH)–C–C–N with tert-alkyl or cyclic N) is 1. The van der Waals surface area contributed by atoms with Crippen LogP contribution in [-0.2, 0) is 0 Å². The maximum absolute atomic E-state index is 10.0. The van der Waals surface area contributed by atoms with Gasteiger partial charge in [0.15, 0.2) is 0 Å². The minimum Gasteiger partial charge on any atom is -0.390 e. The number of hydrogen-bond acceptors (Lipinski definition) is 3. The standard InChI is InChI=1S/C14H28N2O/c17-14(12-16-9-5-6-10-16)11-15-13-7-3-1-2-4-8-13/h13-15,17H,1-12H2. The Morgan fingerprint density at radius 3 is 2.29 bits per heavy atom. The van der Waals surface area contributed by atoms with Gasteiger partial charge in [-0.2, -0.15) is 0 Å². The number of aliphatic hydroxyl groups excluding tert-OH is 1. The van der Waals surface area contributed by atoms with E-state index in [0.717, 1.165) is 13.1 Å². The number of aliphatic hydroxyl groups is 1. The lowest BCUT2D eigenvalue weighted by molar-refractivity contribution is 0.119. The van der Waals surface area contributed by atoms with E-state index in [1.807, 2.05) is 0 Å². The Bertz CT molecular complexity index is 196. The highest BCUT2D eigenvalue weighted by Gasteiger charge is 2.17. The quantitative estimate of drug-likeness (QED) is 0.719. The molecule has 1 saturated heterocycles. The number of rotatable bonds is 5. The van der Waals surface area contributed by atoms with Crippen molar-refractivity contribution in [1.29, 1.82) is 0 Å². The molecular formula is C14H28N2O. The molecule has 0 amide bonds. The Hall–Kier alpha value is -0.120. The molecule has 2 N–H and O–H groups in total. The van der Waals surface area contributed by atoms with Crippen LogP contribution < -0.4 is 5.32 Å². The van der Waals surface area contributed by atoms with Gasteiger partial charge in [-0.15, -0.1) is 0 Å². The maximum Gasteiger partial charge on any atom is 0.0791 e. The van der Waals surface area contributed by atoms with Gasteiger partial charge in [-0.05, 0) is 38.8 Å². The summed E-state index contributed by atoms with van der Waals surface area (Å²) < 4.78 is 0. The Morgan fingerprint density at radius 1 is 1.00 bits per heavy atom. The van der Waals surface area contributed by atoms with Crippen LogP contribution in [0.3, 0.4) is 0 Å². The van der Waals surface area contributed by atoms with Crippen LogP contribution in [0, 0.1) is 0 Å². The minimum absolute atomic E-state index is 0.184. The molecule has 3 nitrogen and oxygen atoms in total. The first kappa shape index (κ1) is 13.3. The van der Waals surface area contributed by atoms with Crippen LogP contribution in [0.15, 0.2) is 0 Å². The van der Waals surface area contributed by atoms with Crippen LogP contribution in [0.1, 0.15) is 51.4 Å². The lowest BCUT2D eigenvalue weighted by Gasteiger charge is -2.22. The van der Waals surface area contributed by atoms with Crippen LogP contribution in [0.2, 0.25) is 0 Å². The van der Waals surface area contributed by atoms with Crippen molar-refractivity contribution in [3.8, 4) is 0 Å². The van der Waals surface area contributed by atoms with Gasteiger partial charge >= 0.3 is 0 Å². The van der Waals surface area contributed by atoms with E-state index in [2.05, 4.69) is 10.2 Å². The van der Waals surface area contributed by atoms with Crippen molar-refractivity contribution in [3.05, 3.63) is 0 Å². The molecule has 1 aliphatic carbocycles. The molecule has 0 aromatic carbocycles. The fraction of sp³-hybridized carbons (Fsp3) is 1.00. The highest BCUT2D eigenvalue weighted by Crippen LogP contribution is 2.17. The third-order valence-electron chi connectivity index (χ3n) is 4.16. The summed E-state index contributed by atoms with van der Waals surface area (Å²) in [7, 11) is 0. The van der Waals surface area contributed by atoms with E-state index in [-0.39, 0.29) is 6.10 Å². The average molecular weight is 240 g/mol. The first-order chi connectivity index (χ1) is 8.34. The average Bonchev–Trinajstić information content (AvgIpc) is 2.68. The predicted octanol–water partition coefficient (Wildman–Crippen LogP) is 1.76. The van der Waals surface area contributed by atoms with E-state index >= 15 is 0 Å². The second-order valence-electron chi connectivity index (χ2n) is 5.76. The third kappa shape index (κ3) is 4.94. The molecule has 1 saturated carbocycles. The molecule has 100 valence electrons.